The number of carbonyl (C=O) groups is 1. The third kappa shape index (κ3) is 5.48. The Bertz CT molecular complexity index is 1100. The smallest absolute Gasteiger partial charge is 0.418 e. The molecule has 2 aliphatic rings. The van der Waals surface area contributed by atoms with Crippen LogP contribution in [0.15, 0.2) is 36.4 Å². The van der Waals surface area contributed by atoms with Crippen LogP contribution in [0.25, 0.3) is 0 Å². The van der Waals surface area contributed by atoms with Gasteiger partial charge in [0.1, 0.15) is 19.0 Å². The highest BCUT2D eigenvalue weighted by Gasteiger charge is 2.41. The van der Waals surface area contributed by atoms with E-state index in [1.54, 1.807) is 6.92 Å². The summed E-state index contributed by atoms with van der Waals surface area (Å²) in [6.07, 6.45) is -9.95. The Balaban J connectivity index is 1.51. The molecule has 1 saturated heterocycles. The van der Waals surface area contributed by atoms with Crippen LogP contribution in [0.5, 0.6) is 5.75 Å². The van der Waals surface area contributed by atoms with Crippen LogP contribution in [0, 0.1) is 0 Å². The number of amides is 1. The highest BCUT2D eigenvalue weighted by Crippen LogP contribution is 2.42. The van der Waals surface area contributed by atoms with Crippen molar-refractivity contribution >= 4 is 11.8 Å². The SMILES string of the molecule is CC1C[C@@](O)(c2ccc(C(F)(F)F)cc2)CC(COc2cc3c(c(C(F)(F)F)c2)NC(=O)OC3)N1. The topological polar surface area (TPSA) is 79.8 Å². The fourth-order valence-corrected chi connectivity index (χ4v) is 4.55. The minimum atomic E-state index is -4.76. The van der Waals surface area contributed by atoms with Crippen LogP contribution in [0.3, 0.4) is 0 Å². The Morgan fingerprint density at radius 1 is 1.09 bits per heavy atom. The summed E-state index contributed by atoms with van der Waals surface area (Å²) < 4.78 is 89.7. The lowest BCUT2D eigenvalue weighted by molar-refractivity contribution is -0.138. The van der Waals surface area contributed by atoms with E-state index in [-0.39, 0.29) is 49.1 Å². The van der Waals surface area contributed by atoms with Crippen LogP contribution in [-0.4, -0.2) is 29.9 Å². The van der Waals surface area contributed by atoms with E-state index in [9.17, 15) is 36.2 Å². The molecule has 0 spiro atoms. The molecule has 1 fully saturated rings. The maximum atomic E-state index is 13.6. The quantitative estimate of drug-likeness (QED) is 0.500. The molecule has 0 saturated carbocycles. The minimum absolute atomic E-state index is 0.0684. The molecule has 0 aromatic heterocycles. The number of anilines is 1. The van der Waals surface area contributed by atoms with Crippen LogP contribution in [0.2, 0.25) is 0 Å². The molecule has 0 bridgehead atoms. The Morgan fingerprint density at radius 2 is 1.77 bits per heavy atom. The fourth-order valence-electron chi connectivity index (χ4n) is 4.55. The van der Waals surface area contributed by atoms with Gasteiger partial charge in [0.15, 0.2) is 0 Å². The zero-order valence-electron chi connectivity index (χ0n) is 18.4. The molecule has 3 atom stereocenters. The predicted molar refractivity (Wildman–Crippen MR) is 112 cm³/mol. The standard InChI is InChI=1S/C23H22F6N2O4/c1-12-8-21(33,14-2-4-15(5-3-14)22(24,25)26)9-16(30-12)11-34-17-6-13-10-35-20(32)31-19(13)18(7-17)23(27,28)29/h2-7,12,16,30,33H,8-11H2,1H3,(H,31,32)/t12?,16?,21-/m0/s1. The number of carbonyl (C=O) groups excluding carboxylic acids is 1. The van der Waals surface area contributed by atoms with Gasteiger partial charge in [-0.15, -0.1) is 0 Å². The summed E-state index contributed by atoms with van der Waals surface area (Å²) >= 11 is 0. The third-order valence-corrected chi connectivity index (χ3v) is 6.03. The Hall–Kier alpha value is -2.99. The normalized spacial score (nSPS) is 24.9. The van der Waals surface area contributed by atoms with E-state index in [1.807, 2.05) is 0 Å². The molecule has 2 aliphatic heterocycles. The van der Waals surface area contributed by atoms with Gasteiger partial charge in [-0.2, -0.15) is 26.3 Å². The van der Waals surface area contributed by atoms with E-state index >= 15 is 0 Å². The number of hydrogen-bond acceptors (Lipinski definition) is 5. The molecule has 0 aliphatic carbocycles. The summed E-state index contributed by atoms with van der Waals surface area (Å²) in [5.41, 5.74) is -3.34. The van der Waals surface area contributed by atoms with E-state index in [4.69, 9.17) is 9.47 Å². The summed E-state index contributed by atoms with van der Waals surface area (Å²) in [4.78, 5) is 11.4. The monoisotopic (exact) mass is 504 g/mol. The Labute approximate surface area is 196 Å². The van der Waals surface area contributed by atoms with Gasteiger partial charge in [0.25, 0.3) is 0 Å². The molecule has 2 heterocycles. The number of benzene rings is 2. The molecule has 3 N–H and O–H groups in total. The van der Waals surface area contributed by atoms with Crippen molar-refractivity contribution < 1.29 is 45.7 Å². The largest absolute Gasteiger partial charge is 0.492 e. The number of cyclic esters (lactones) is 1. The first-order chi connectivity index (χ1) is 16.2. The number of aliphatic hydroxyl groups is 1. The number of piperidine rings is 1. The van der Waals surface area contributed by atoms with Crippen molar-refractivity contribution in [2.24, 2.45) is 0 Å². The highest BCUT2D eigenvalue weighted by molar-refractivity contribution is 5.89. The van der Waals surface area contributed by atoms with Crippen LogP contribution in [-0.2, 0) is 29.3 Å². The second-order valence-electron chi connectivity index (χ2n) is 8.79. The van der Waals surface area contributed by atoms with Crippen molar-refractivity contribution in [2.75, 3.05) is 11.9 Å². The van der Waals surface area contributed by atoms with Gasteiger partial charge in [0.2, 0.25) is 0 Å². The molecular formula is C23H22F6N2O4. The molecule has 2 aromatic rings. The van der Waals surface area contributed by atoms with Crippen molar-refractivity contribution in [1.29, 1.82) is 0 Å². The molecule has 35 heavy (non-hydrogen) atoms. The van der Waals surface area contributed by atoms with Crippen LogP contribution in [0.4, 0.5) is 36.8 Å². The number of halogens is 6. The van der Waals surface area contributed by atoms with Crippen molar-refractivity contribution in [2.45, 2.75) is 56.4 Å². The van der Waals surface area contributed by atoms with E-state index in [1.165, 1.54) is 18.2 Å². The lowest BCUT2D eigenvalue weighted by Crippen LogP contribution is -2.53. The zero-order chi connectivity index (χ0) is 25.6. The molecular weight excluding hydrogens is 482 g/mol. The Kier molecular flexibility index (Phi) is 6.39. The lowest BCUT2D eigenvalue weighted by Gasteiger charge is -2.41. The number of fused-ring (bicyclic) bond motifs is 1. The molecule has 6 nitrogen and oxygen atoms in total. The number of alkyl halides is 6. The first-order valence-corrected chi connectivity index (χ1v) is 10.7. The van der Waals surface area contributed by atoms with Crippen LogP contribution < -0.4 is 15.4 Å². The molecule has 1 amide bonds. The summed E-state index contributed by atoms with van der Waals surface area (Å²) in [6, 6.07) is 5.61. The van der Waals surface area contributed by atoms with Gasteiger partial charge in [0.05, 0.1) is 22.4 Å². The molecule has 2 unspecified atom stereocenters. The molecule has 4 rings (SSSR count). The summed E-state index contributed by atoms with van der Waals surface area (Å²) in [6.45, 7) is 1.31. The van der Waals surface area contributed by atoms with Gasteiger partial charge in [0, 0.05) is 17.6 Å². The minimum Gasteiger partial charge on any atom is -0.492 e. The van der Waals surface area contributed by atoms with Gasteiger partial charge in [-0.1, -0.05) is 12.1 Å². The number of nitrogens with one attached hydrogen (secondary N) is 2. The Morgan fingerprint density at radius 3 is 2.40 bits per heavy atom. The van der Waals surface area contributed by atoms with E-state index in [0.29, 0.717) is 5.56 Å². The van der Waals surface area contributed by atoms with E-state index in [0.717, 1.165) is 18.2 Å². The third-order valence-electron chi connectivity index (χ3n) is 6.03. The second-order valence-corrected chi connectivity index (χ2v) is 8.79. The zero-order valence-corrected chi connectivity index (χ0v) is 18.4. The van der Waals surface area contributed by atoms with Crippen molar-refractivity contribution in [1.82, 2.24) is 5.32 Å². The maximum Gasteiger partial charge on any atom is 0.418 e. The van der Waals surface area contributed by atoms with Crippen LogP contribution in [0.1, 0.15) is 42.0 Å². The van der Waals surface area contributed by atoms with Gasteiger partial charge >= 0.3 is 18.4 Å². The second kappa shape index (κ2) is 8.90. The van der Waals surface area contributed by atoms with Gasteiger partial charge < -0.3 is 19.9 Å². The predicted octanol–water partition coefficient (Wildman–Crippen LogP) is 5.19. The molecule has 2 aromatic carbocycles. The molecule has 0 radical (unpaired) electrons. The molecule has 12 heteroatoms. The average Bonchev–Trinajstić information content (AvgIpc) is 2.75. The fraction of sp³-hybridized carbons (Fsp3) is 0.435. The molecule has 190 valence electrons. The summed E-state index contributed by atoms with van der Waals surface area (Å²) in [5.74, 6) is -0.103. The van der Waals surface area contributed by atoms with Gasteiger partial charge in [-0.05, 0) is 49.6 Å². The van der Waals surface area contributed by atoms with Gasteiger partial charge in [-0.25, -0.2) is 4.79 Å². The highest BCUT2D eigenvalue weighted by atomic mass is 19.4. The lowest BCUT2D eigenvalue weighted by atomic mass is 9.79. The van der Waals surface area contributed by atoms with Crippen LogP contribution >= 0.6 is 0 Å². The van der Waals surface area contributed by atoms with Crippen molar-refractivity contribution in [3.63, 3.8) is 0 Å². The summed E-state index contributed by atoms with van der Waals surface area (Å²) in [7, 11) is 0. The van der Waals surface area contributed by atoms with E-state index in [2.05, 4.69) is 10.6 Å². The van der Waals surface area contributed by atoms with Gasteiger partial charge in [-0.3, -0.25) is 5.32 Å². The first-order valence-electron chi connectivity index (χ1n) is 10.7. The summed E-state index contributed by atoms with van der Waals surface area (Å²) in [5, 5.41) is 16.5. The van der Waals surface area contributed by atoms with Crippen molar-refractivity contribution in [3.05, 3.63) is 58.7 Å². The first kappa shape index (κ1) is 25.1. The average molecular weight is 504 g/mol. The maximum absolute atomic E-state index is 13.6. The van der Waals surface area contributed by atoms with E-state index < -0.39 is 41.2 Å². The number of ether oxygens (including phenoxy) is 2. The van der Waals surface area contributed by atoms with Crippen molar-refractivity contribution in [3.8, 4) is 5.75 Å². The number of rotatable bonds is 4. The number of hydrogen-bond donors (Lipinski definition) is 3.